The van der Waals surface area contributed by atoms with E-state index < -0.39 is 0 Å². The van der Waals surface area contributed by atoms with E-state index in [4.69, 9.17) is 11.6 Å². The van der Waals surface area contributed by atoms with Crippen molar-refractivity contribution in [1.29, 1.82) is 0 Å². The van der Waals surface area contributed by atoms with E-state index in [1.165, 1.54) is 11.1 Å². The second-order valence-corrected chi connectivity index (χ2v) is 4.04. The van der Waals surface area contributed by atoms with Gasteiger partial charge in [-0.25, -0.2) is 0 Å². The minimum absolute atomic E-state index is 0.705. The van der Waals surface area contributed by atoms with Gasteiger partial charge in [0, 0.05) is 17.6 Å². The minimum atomic E-state index is 0.705. The highest BCUT2D eigenvalue weighted by Crippen LogP contribution is 2.22. The van der Waals surface area contributed by atoms with Gasteiger partial charge < -0.3 is 0 Å². The summed E-state index contributed by atoms with van der Waals surface area (Å²) in [5.41, 5.74) is 3.57. The molecule has 0 N–H and O–H groups in total. The highest BCUT2D eigenvalue weighted by Gasteiger charge is 2.04. The van der Waals surface area contributed by atoms with Gasteiger partial charge in [-0.1, -0.05) is 30.3 Å². The van der Waals surface area contributed by atoms with E-state index in [0.29, 0.717) is 5.88 Å². The molecule has 1 aromatic heterocycles. The summed E-state index contributed by atoms with van der Waals surface area (Å²) in [6.45, 7) is 0. The summed E-state index contributed by atoms with van der Waals surface area (Å²) in [6, 6.07) is 14.4. The molecular weight excluding hydrogens is 218 g/mol. The summed E-state index contributed by atoms with van der Waals surface area (Å²) in [4.78, 5) is 4.38. The highest BCUT2D eigenvalue weighted by molar-refractivity contribution is 6.17. The van der Waals surface area contributed by atoms with Crippen LogP contribution in [0, 0.1) is 0 Å². The van der Waals surface area contributed by atoms with Crippen molar-refractivity contribution >= 4 is 11.6 Å². The van der Waals surface area contributed by atoms with Gasteiger partial charge in [0.15, 0.2) is 0 Å². The van der Waals surface area contributed by atoms with Crippen LogP contribution in [0.25, 0.3) is 11.3 Å². The average molecular weight is 232 g/mol. The van der Waals surface area contributed by atoms with Crippen LogP contribution in [0.15, 0.2) is 48.7 Å². The lowest BCUT2D eigenvalue weighted by atomic mass is 10.0. The normalized spacial score (nSPS) is 10.3. The van der Waals surface area contributed by atoms with Gasteiger partial charge in [0.1, 0.15) is 0 Å². The molecule has 1 aromatic carbocycles. The highest BCUT2D eigenvalue weighted by atomic mass is 35.5. The van der Waals surface area contributed by atoms with Crippen molar-refractivity contribution in [3.63, 3.8) is 0 Å². The molecule has 16 heavy (non-hydrogen) atoms. The van der Waals surface area contributed by atoms with Gasteiger partial charge in [0.2, 0.25) is 0 Å². The van der Waals surface area contributed by atoms with E-state index >= 15 is 0 Å². The number of alkyl halides is 1. The number of benzene rings is 1. The Kier molecular flexibility index (Phi) is 3.95. The molecule has 0 saturated heterocycles. The molecule has 2 aromatic rings. The van der Waals surface area contributed by atoms with Crippen LogP contribution < -0.4 is 0 Å². The molecule has 0 aliphatic carbocycles. The third-order valence-corrected chi connectivity index (χ3v) is 2.81. The lowest BCUT2D eigenvalue weighted by Gasteiger charge is -2.07. The van der Waals surface area contributed by atoms with Crippen molar-refractivity contribution in [2.24, 2.45) is 0 Å². The summed E-state index contributed by atoms with van der Waals surface area (Å²) < 4.78 is 0. The fourth-order valence-electron chi connectivity index (χ4n) is 1.77. The molecule has 0 radical (unpaired) electrons. The fraction of sp³-hybridized carbons (Fsp3) is 0.214. The maximum absolute atomic E-state index is 5.73. The number of hydrogen-bond donors (Lipinski definition) is 0. The van der Waals surface area contributed by atoms with Crippen LogP contribution in [0.4, 0.5) is 0 Å². The molecule has 1 heterocycles. The number of pyridine rings is 1. The zero-order valence-corrected chi connectivity index (χ0v) is 9.82. The van der Waals surface area contributed by atoms with Crippen molar-refractivity contribution in [2.75, 3.05) is 5.88 Å². The fourth-order valence-corrected chi connectivity index (χ4v) is 1.90. The Balaban J connectivity index is 2.33. The molecule has 0 unspecified atom stereocenters. The zero-order chi connectivity index (χ0) is 11.2. The quantitative estimate of drug-likeness (QED) is 0.727. The maximum Gasteiger partial charge on any atom is 0.0704 e. The summed E-state index contributed by atoms with van der Waals surface area (Å²) in [7, 11) is 0. The molecule has 2 heteroatoms. The van der Waals surface area contributed by atoms with Gasteiger partial charge in [0.25, 0.3) is 0 Å². The van der Waals surface area contributed by atoms with E-state index in [2.05, 4.69) is 23.2 Å². The Labute approximate surface area is 101 Å². The molecule has 82 valence electrons. The molecule has 0 fully saturated rings. The van der Waals surface area contributed by atoms with Gasteiger partial charge in [-0.15, -0.1) is 11.6 Å². The Hall–Kier alpha value is -1.34. The van der Waals surface area contributed by atoms with E-state index in [0.717, 1.165) is 18.5 Å². The molecule has 1 nitrogen and oxygen atoms in total. The minimum Gasteiger partial charge on any atom is -0.256 e. The number of nitrogens with zero attached hydrogens (tertiary/aromatic N) is 1. The smallest absolute Gasteiger partial charge is 0.0704 e. The van der Waals surface area contributed by atoms with E-state index in [9.17, 15) is 0 Å². The number of hydrogen-bond acceptors (Lipinski definition) is 1. The molecular formula is C14H14ClN. The van der Waals surface area contributed by atoms with Crippen LogP contribution in [-0.4, -0.2) is 10.9 Å². The SMILES string of the molecule is ClCCCc1ccccc1-c1ccccn1. The van der Waals surface area contributed by atoms with Crippen LogP contribution >= 0.6 is 11.6 Å². The van der Waals surface area contributed by atoms with Crippen LogP contribution in [0.5, 0.6) is 0 Å². The zero-order valence-electron chi connectivity index (χ0n) is 9.07. The summed E-state index contributed by atoms with van der Waals surface area (Å²) in [6.07, 6.45) is 3.84. The topological polar surface area (TPSA) is 12.9 Å². The van der Waals surface area contributed by atoms with E-state index in [-0.39, 0.29) is 0 Å². The Bertz CT molecular complexity index is 439. The number of rotatable bonds is 4. The van der Waals surface area contributed by atoms with Crippen LogP contribution in [0.2, 0.25) is 0 Å². The monoisotopic (exact) mass is 231 g/mol. The molecule has 0 bridgehead atoms. The van der Waals surface area contributed by atoms with Gasteiger partial charge in [-0.2, -0.15) is 0 Å². The predicted molar refractivity (Wildman–Crippen MR) is 68.7 cm³/mol. The standard InChI is InChI=1S/C14H14ClN/c15-10-5-7-12-6-1-2-8-13(12)14-9-3-4-11-16-14/h1-4,6,8-9,11H,5,7,10H2. The van der Waals surface area contributed by atoms with Crippen molar-refractivity contribution in [1.82, 2.24) is 4.98 Å². The maximum atomic E-state index is 5.73. The first-order valence-electron chi connectivity index (χ1n) is 5.47. The van der Waals surface area contributed by atoms with Crippen molar-refractivity contribution in [3.05, 3.63) is 54.2 Å². The Morgan fingerprint density at radius 3 is 2.56 bits per heavy atom. The third kappa shape index (κ3) is 2.61. The molecule has 0 atom stereocenters. The molecule has 2 rings (SSSR count). The second-order valence-electron chi connectivity index (χ2n) is 3.66. The Morgan fingerprint density at radius 1 is 1.00 bits per heavy atom. The van der Waals surface area contributed by atoms with Crippen LogP contribution in [-0.2, 0) is 6.42 Å². The van der Waals surface area contributed by atoms with Crippen LogP contribution in [0.1, 0.15) is 12.0 Å². The first-order valence-corrected chi connectivity index (χ1v) is 6.00. The molecule has 0 aliphatic rings. The van der Waals surface area contributed by atoms with Crippen molar-refractivity contribution in [3.8, 4) is 11.3 Å². The lowest BCUT2D eigenvalue weighted by Crippen LogP contribution is -1.92. The van der Waals surface area contributed by atoms with Gasteiger partial charge in [0.05, 0.1) is 5.69 Å². The summed E-state index contributed by atoms with van der Waals surface area (Å²) in [5, 5.41) is 0. The van der Waals surface area contributed by atoms with Crippen molar-refractivity contribution in [2.45, 2.75) is 12.8 Å². The van der Waals surface area contributed by atoms with Gasteiger partial charge in [-0.05, 0) is 30.5 Å². The van der Waals surface area contributed by atoms with Crippen molar-refractivity contribution < 1.29 is 0 Å². The molecule has 0 amide bonds. The third-order valence-electron chi connectivity index (χ3n) is 2.54. The summed E-state index contributed by atoms with van der Waals surface area (Å²) >= 11 is 5.73. The number of aromatic nitrogens is 1. The first kappa shape index (κ1) is 11.2. The number of aryl methyl sites for hydroxylation is 1. The lowest BCUT2D eigenvalue weighted by molar-refractivity contribution is 0.929. The van der Waals surface area contributed by atoms with Crippen LogP contribution in [0.3, 0.4) is 0 Å². The molecule has 0 spiro atoms. The second kappa shape index (κ2) is 5.66. The van der Waals surface area contributed by atoms with E-state index in [1.807, 2.05) is 30.5 Å². The average Bonchev–Trinajstić information content (AvgIpc) is 2.38. The van der Waals surface area contributed by atoms with Gasteiger partial charge >= 0.3 is 0 Å². The van der Waals surface area contributed by atoms with E-state index in [1.54, 1.807) is 0 Å². The number of halogens is 1. The molecule has 0 saturated carbocycles. The molecule has 0 aliphatic heterocycles. The first-order chi connectivity index (χ1) is 7.92. The predicted octanol–water partition coefficient (Wildman–Crippen LogP) is 3.92. The Morgan fingerprint density at radius 2 is 1.81 bits per heavy atom. The largest absolute Gasteiger partial charge is 0.256 e. The van der Waals surface area contributed by atoms with Gasteiger partial charge in [-0.3, -0.25) is 4.98 Å². The summed E-state index contributed by atoms with van der Waals surface area (Å²) in [5.74, 6) is 0.705.